The van der Waals surface area contributed by atoms with Crippen LogP contribution in [0.3, 0.4) is 0 Å². The standard InChI is InChI=1S/C19H18N2O3S2/c1-4-24-19(23)16-11(2)15-17(22)20-14(21-18(15)26-16)10-7-12-5-8-13(25-3)9-6-12/h5-10H,4H2,1-3H3,(H,20,21,22). The molecule has 5 nitrogen and oxygen atoms in total. The second kappa shape index (κ2) is 7.88. The molecule has 0 radical (unpaired) electrons. The van der Waals surface area contributed by atoms with Gasteiger partial charge in [0.2, 0.25) is 0 Å². The van der Waals surface area contributed by atoms with Crippen molar-refractivity contribution in [2.24, 2.45) is 0 Å². The van der Waals surface area contributed by atoms with Gasteiger partial charge in [-0.3, -0.25) is 4.79 Å². The van der Waals surface area contributed by atoms with E-state index >= 15 is 0 Å². The fourth-order valence-corrected chi connectivity index (χ4v) is 4.01. The van der Waals surface area contributed by atoms with Crippen molar-refractivity contribution in [3.63, 3.8) is 0 Å². The van der Waals surface area contributed by atoms with Crippen LogP contribution in [0.4, 0.5) is 0 Å². The Labute approximate surface area is 159 Å². The van der Waals surface area contributed by atoms with E-state index in [0.717, 1.165) is 5.56 Å². The molecule has 7 heteroatoms. The normalized spacial score (nSPS) is 11.3. The van der Waals surface area contributed by atoms with Gasteiger partial charge in [-0.25, -0.2) is 9.78 Å². The first-order valence-corrected chi connectivity index (χ1v) is 10.1. The highest BCUT2D eigenvalue weighted by Gasteiger charge is 2.19. The molecular formula is C19H18N2O3S2. The van der Waals surface area contributed by atoms with Crippen LogP contribution in [0.5, 0.6) is 0 Å². The Morgan fingerprint density at radius 2 is 2.04 bits per heavy atom. The molecule has 0 aliphatic heterocycles. The number of carbonyl (C=O) groups excluding carboxylic acids is 1. The molecule has 0 atom stereocenters. The molecule has 2 aromatic heterocycles. The number of nitrogens with zero attached hydrogens (tertiary/aromatic N) is 1. The van der Waals surface area contributed by atoms with Crippen LogP contribution in [-0.2, 0) is 4.74 Å². The van der Waals surface area contributed by atoms with Crippen molar-refractivity contribution in [1.82, 2.24) is 9.97 Å². The maximum Gasteiger partial charge on any atom is 0.348 e. The molecule has 134 valence electrons. The number of aromatic nitrogens is 2. The third-order valence-electron chi connectivity index (χ3n) is 3.83. The first kappa shape index (κ1) is 18.4. The van der Waals surface area contributed by atoms with E-state index in [1.54, 1.807) is 31.7 Å². The molecule has 0 amide bonds. The number of nitrogens with one attached hydrogen (secondary N) is 1. The van der Waals surface area contributed by atoms with Crippen LogP contribution in [0, 0.1) is 6.92 Å². The minimum atomic E-state index is -0.418. The lowest BCUT2D eigenvalue weighted by Crippen LogP contribution is -2.10. The third kappa shape index (κ3) is 3.73. The van der Waals surface area contributed by atoms with Crippen molar-refractivity contribution in [2.45, 2.75) is 18.7 Å². The fraction of sp³-hybridized carbons (Fsp3) is 0.211. The number of esters is 1. The van der Waals surface area contributed by atoms with E-state index in [-0.39, 0.29) is 5.56 Å². The summed E-state index contributed by atoms with van der Waals surface area (Å²) in [6.07, 6.45) is 5.68. The zero-order valence-corrected chi connectivity index (χ0v) is 16.3. The molecule has 0 bridgehead atoms. The predicted octanol–water partition coefficient (Wildman–Crippen LogP) is 4.36. The molecule has 1 N–H and O–H groups in total. The van der Waals surface area contributed by atoms with E-state index in [1.807, 2.05) is 36.6 Å². The lowest BCUT2D eigenvalue weighted by molar-refractivity contribution is 0.0531. The number of thioether (sulfide) groups is 1. The van der Waals surface area contributed by atoms with Crippen LogP contribution in [0.25, 0.3) is 22.4 Å². The quantitative estimate of drug-likeness (QED) is 0.521. The number of carbonyl (C=O) groups is 1. The third-order valence-corrected chi connectivity index (χ3v) is 5.74. The minimum Gasteiger partial charge on any atom is -0.462 e. The first-order chi connectivity index (χ1) is 12.5. The van der Waals surface area contributed by atoms with E-state index in [0.29, 0.717) is 33.1 Å². The van der Waals surface area contributed by atoms with Crippen molar-refractivity contribution < 1.29 is 9.53 Å². The summed E-state index contributed by atoms with van der Waals surface area (Å²) in [4.78, 5) is 33.8. The lowest BCUT2D eigenvalue weighted by Gasteiger charge is -1.99. The van der Waals surface area contributed by atoms with Gasteiger partial charge in [0.1, 0.15) is 15.5 Å². The Bertz CT molecular complexity index is 1030. The largest absolute Gasteiger partial charge is 0.462 e. The molecular weight excluding hydrogens is 368 g/mol. The molecule has 0 aliphatic carbocycles. The molecule has 0 fully saturated rings. The SMILES string of the molecule is CCOC(=O)c1sc2nc(C=Cc3ccc(SC)cc3)[nH]c(=O)c2c1C. The molecule has 2 heterocycles. The topological polar surface area (TPSA) is 72.0 Å². The second-order valence-electron chi connectivity index (χ2n) is 5.51. The molecule has 0 unspecified atom stereocenters. The summed E-state index contributed by atoms with van der Waals surface area (Å²) >= 11 is 2.87. The molecule has 0 saturated carbocycles. The van der Waals surface area contributed by atoms with Gasteiger partial charge < -0.3 is 9.72 Å². The predicted molar refractivity (Wildman–Crippen MR) is 108 cm³/mol. The van der Waals surface area contributed by atoms with E-state index in [4.69, 9.17) is 4.74 Å². The Balaban J connectivity index is 1.96. The first-order valence-electron chi connectivity index (χ1n) is 8.06. The monoisotopic (exact) mass is 386 g/mol. The van der Waals surface area contributed by atoms with Gasteiger partial charge >= 0.3 is 5.97 Å². The summed E-state index contributed by atoms with van der Waals surface area (Å²) in [5.74, 6) is 0.0338. The Morgan fingerprint density at radius 3 is 2.69 bits per heavy atom. The zero-order chi connectivity index (χ0) is 18.7. The van der Waals surface area contributed by atoms with Gasteiger partial charge in [0.15, 0.2) is 0 Å². The van der Waals surface area contributed by atoms with E-state index in [9.17, 15) is 9.59 Å². The molecule has 3 aromatic rings. The van der Waals surface area contributed by atoms with E-state index in [2.05, 4.69) is 9.97 Å². The van der Waals surface area contributed by atoms with E-state index in [1.165, 1.54) is 16.2 Å². The van der Waals surface area contributed by atoms with Gasteiger partial charge in [-0.2, -0.15) is 0 Å². The zero-order valence-electron chi connectivity index (χ0n) is 14.7. The number of rotatable bonds is 5. The lowest BCUT2D eigenvalue weighted by atomic mass is 10.2. The van der Waals surface area contributed by atoms with Gasteiger partial charge in [-0.05, 0) is 49.4 Å². The highest BCUT2D eigenvalue weighted by molar-refractivity contribution is 7.98. The van der Waals surface area contributed by atoms with Crippen LogP contribution >= 0.6 is 23.1 Å². The summed E-state index contributed by atoms with van der Waals surface area (Å²) in [6, 6.07) is 8.09. The fourth-order valence-electron chi connectivity index (χ4n) is 2.52. The molecule has 0 saturated heterocycles. The van der Waals surface area contributed by atoms with Gasteiger partial charge in [0, 0.05) is 4.90 Å². The van der Waals surface area contributed by atoms with Crippen LogP contribution < -0.4 is 5.56 Å². The minimum absolute atomic E-state index is 0.253. The Morgan fingerprint density at radius 1 is 1.31 bits per heavy atom. The molecule has 0 aliphatic rings. The van der Waals surface area contributed by atoms with Gasteiger partial charge in [0.05, 0.1) is 12.0 Å². The van der Waals surface area contributed by atoms with Gasteiger partial charge in [-0.1, -0.05) is 18.2 Å². The number of hydrogen-bond acceptors (Lipinski definition) is 6. The number of aryl methyl sites for hydroxylation is 1. The highest BCUT2D eigenvalue weighted by atomic mass is 32.2. The van der Waals surface area contributed by atoms with Crippen molar-refractivity contribution in [3.8, 4) is 0 Å². The van der Waals surface area contributed by atoms with Crippen molar-refractivity contribution >= 4 is 51.4 Å². The summed E-state index contributed by atoms with van der Waals surface area (Å²) in [5, 5.41) is 0.444. The number of H-pyrrole nitrogens is 1. The number of aromatic amines is 1. The maximum absolute atomic E-state index is 12.4. The highest BCUT2D eigenvalue weighted by Crippen LogP contribution is 2.27. The van der Waals surface area contributed by atoms with E-state index < -0.39 is 5.97 Å². The van der Waals surface area contributed by atoms with Crippen molar-refractivity contribution in [1.29, 1.82) is 0 Å². The smallest absolute Gasteiger partial charge is 0.348 e. The average molecular weight is 386 g/mol. The Hall–Kier alpha value is -2.38. The maximum atomic E-state index is 12.4. The number of hydrogen-bond donors (Lipinski definition) is 1. The van der Waals surface area contributed by atoms with Crippen molar-refractivity contribution in [3.05, 3.63) is 56.4 Å². The molecule has 1 aromatic carbocycles. The summed E-state index contributed by atoms with van der Waals surface area (Å²) in [5.41, 5.74) is 1.37. The number of ether oxygens (including phenoxy) is 1. The molecule has 0 spiro atoms. The molecule has 3 rings (SSSR count). The van der Waals surface area contributed by atoms with Crippen LogP contribution in [0.15, 0.2) is 34.0 Å². The van der Waals surface area contributed by atoms with Crippen LogP contribution in [-0.4, -0.2) is 28.8 Å². The summed E-state index contributed by atoms with van der Waals surface area (Å²) in [7, 11) is 0. The summed E-state index contributed by atoms with van der Waals surface area (Å²) < 4.78 is 5.05. The second-order valence-corrected chi connectivity index (χ2v) is 7.39. The Kier molecular flexibility index (Phi) is 5.58. The van der Waals surface area contributed by atoms with Gasteiger partial charge in [-0.15, -0.1) is 23.1 Å². The van der Waals surface area contributed by atoms with Crippen molar-refractivity contribution in [2.75, 3.05) is 12.9 Å². The van der Waals surface area contributed by atoms with Crippen LogP contribution in [0.2, 0.25) is 0 Å². The van der Waals surface area contributed by atoms with Crippen LogP contribution in [0.1, 0.15) is 33.5 Å². The number of benzene rings is 1. The average Bonchev–Trinajstić information content (AvgIpc) is 2.98. The number of fused-ring (bicyclic) bond motifs is 1. The molecule has 26 heavy (non-hydrogen) atoms. The summed E-state index contributed by atoms with van der Waals surface area (Å²) in [6.45, 7) is 3.78. The van der Waals surface area contributed by atoms with Gasteiger partial charge in [0.25, 0.3) is 5.56 Å². The number of thiophene rings is 1.